The Hall–Kier alpha value is -7.13. The monoisotopic (exact) mass is 916 g/mol. The van der Waals surface area contributed by atoms with Gasteiger partial charge in [-0.1, -0.05) is 24.3 Å². The maximum absolute atomic E-state index is 16.4. The molecule has 0 radical (unpaired) electrons. The largest absolute Gasteiger partial charge is 0.636 e. The van der Waals surface area contributed by atoms with E-state index in [4.69, 9.17) is 9.31 Å². The van der Waals surface area contributed by atoms with Crippen LogP contribution in [-0.4, -0.2) is 7.12 Å². The molecule has 0 heterocycles. The first-order valence-electron chi connectivity index (χ1n) is 17.4. The summed E-state index contributed by atoms with van der Waals surface area (Å²) in [5.74, 6) is -53.6. The molecule has 9 aromatic rings. The fourth-order valence-electron chi connectivity index (χ4n) is 7.63. The molecule has 0 fully saturated rings. The summed E-state index contributed by atoms with van der Waals surface area (Å²) in [5.41, 5.74) is -7.82. The van der Waals surface area contributed by atoms with E-state index in [0.29, 0.717) is 24.3 Å². The summed E-state index contributed by atoms with van der Waals surface area (Å²) in [5, 5.41) is -10.8. The van der Waals surface area contributed by atoms with E-state index in [1.165, 1.54) is 0 Å². The predicted octanol–water partition coefficient (Wildman–Crippen LogP) is 13.1. The van der Waals surface area contributed by atoms with Crippen molar-refractivity contribution in [2.75, 3.05) is 0 Å². The third kappa shape index (κ3) is 5.58. The number of hydrogen-bond donors (Lipinski definition) is 0. The maximum Gasteiger partial charge on any atom is 0.636 e. The van der Waals surface area contributed by atoms with Gasteiger partial charge in [0.1, 0.15) is 29.0 Å². The zero-order valence-corrected chi connectivity index (χ0v) is 30.2. The first-order valence-corrected chi connectivity index (χ1v) is 17.4. The third-order valence-corrected chi connectivity index (χ3v) is 10.4. The first kappa shape index (κ1) is 42.2. The van der Waals surface area contributed by atoms with E-state index in [0.717, 1.165) is 24.3 Å². The molecule has 0 atom stereocenters. The van der Waals surface area contributed by atoms with Gasteiger partial charge in [-0.05, 0) is 35.0 Å². The Balaban J connectivity index is 1.44. The van der Waals surface area contributed by atoms with Crippen LogP contribution in [0.2, 0.25) is 0 Å². The van der Waals surface area contributed by atoms with Crippen molar-refractivity contribution in [3.63, 3.8) is 0 Å². The molecule has 0 spiro atoms. The Morgan fingerprint density at radius 3 is 1.41 bits per heavy atom. The summed E-state index contributed by atoms with van der Waals surface area (Å²) in [6, 6.07) is 5.89. The van der Waals surface area contributed by atoms with Crippen molar-refractivity contribution in [3.8, 4) is 22.6 Å². The van der Waals surface area contributed by atoms with Gasteiger partial charge < -0.3 is 9.31 Å². The van der Waals surface area contributed by atoms with Gasteiger partial charge in [0.25, 0.3) is 0 Å². The minimum absolute atomic E-state index is 0.249. The Morgan fingerprint density at radius 1 is 0.297 bits per heavy atom. The normalized spacial score (nSPS) is 12.0. The summed E-state index contributed by atoms with van der Waals surface area (Å²) < 4.78 is 303. The molecule has 324 valence electrons. The van der Waals surface area contributed by atoms with Crippen LogP contribution in [-0.2, 0) is 0 Å². The lowest BCUT2D eigenvalue weighted by molar-refractivity contribution is 0.375. The Morgan fingerprint density at radius 2 is 0.766 bits per heavy atom. The topological polar surface area (TPSA) is 18.5 Å². The molecular weight excluding hydrogens is 908 g/mol. The fraction of sp³-hybridized carbons (Fsp3) is 0. The molecule has 0 aliphatic heterocycles. The highest BCUT2D eigenvalue weighted by Gasteiger charge is 2.45. The lowest BCUT2D eigenvalue weighted by Crippen LogP contribution is -2.47. The van der Waals surface area contributed by atoms with E-state index in [1.54, 1.807) is 0 Å². The molecule has 22 heteroatoms. The Labute approximate surface area is 340 Å². The predicted molar refractivity (Wildman–Crippen MR) is 189 cm³/mol. The SMILES string of the molecule is Fc1c(F)c(F)c(-c2c(F)c(F)c(F)c(F)c2B(Oc2c(F)c(F)c(F)c3c(F)c4c(F)cccc4cc23)Oc2c(F)c(F)c3c(F)c(F)c4c(F)ccc5ccc2c3c54)c(F)c1F. The highest BCUT2D eigenvalue weighted by molar-refractivity contribution is 6.65. The van der Waals surface area contributed by atoms with Crippen LogP contribution < -0.4 is 14.8 Å². The number of benzene rings is 9. The maximum atomic E-state index is 16.4. The number of hydrogen-bond acceptors (Lipinski definition) is 2. The number of rotatable bonds is 6. The molecule has 0 aromatic heterocycles. The molecule has 0 saturated carbocycles. The second-order valence-corrected chi connectivity index (χ2v) is 13.7. The average Bonchev–Trinajstić information content (AvgIpc) is 3.26. The van der Waals surface area contributed by atoms with Crippen molar-refractivity contribution in [2.45, 2.75) is 0 Å². The quantitative estimate of drug-likeness (QED) is 0.0413. The van der Waals surface area contributed by atoms with E-state index in [9.17, 15) is 17.6 Å². The smallest absolute Gasteiger partial charge is 0.519 e. The molecule has 0 unspecified atom stereocenters. The summed E-state index contributed by atoms with van der Waals surface area (Å²) >= 11 is 0. The van der Waals surface area contributed by atoms with Crippen LogP contribution in [0.25, 0.3) is 65.0 Å². The van der Waals surface area contributed by atoms with Gasteiger partial charge in [0.15, 0.2) is 81.4 Å². The fourth-order valence-corrected chi connectivity index (χ4v) is 7.63. The summed E-state index contributed by atoms with van der Waals surface area (Å²) in [6.07, 6.45) is 0. The molecular formula is C42H8BF19O2. The van der Waals surface area contributed by atoms with Gasteiger partial charge in [0.05, 0.1) is 32.6 Å². The van der Waals surface area contributed by atoms with Gasteiger partial charge in [0.2, 0.25) is 11.6 Å². The Bertz CT molecular complexity index is 3550. The molecule has 0 saturated heterocycles. The van der Waals surface area contributed by atoms with Crippen molar-refractivity contribution in [2.24, 2.45) is 0 Å². The second kappa shape index (κ2) is 14.5. The minimum Gasteiger partial charge on any atom is -0.519 e. The Kier molecular flexibility index (Phi) is 9.53. The number of fused-ring (bicyclic) bond motifs is 2. The van der Waals surface area contributed by atoms with Gasteiger partial charge in [-0.15, -0.1) is 0 Å². The lowest BCUT2D eigenvalue weighted by atomic mass is 9.72. The van der Waals surface area contributed by atoms with Gasteiger partial charge in [-0.3, -0.25) is 0 Å². The van der Waals surface area contributed by atoms with Crippen molar-refractivity contribution in [1.82, 2.24) is 0 Å². The van der Waals surface area contributed by atoms with Crippen LogP contribution >= 0.6 is 0 Å². The zero-order chi connectivity index (χ0) is 46.3. The second-order valence-electron chi connectivity index (χ2n) is 13.7. The average molecular weight is 916 g/mol. The van der Waals surface area contributed by atoms with Crippen LogP contribution in [0.4, 0.5) is 83.4 Å². The van der Waals surface area contributed by atoms with Gasteiger partial charge in [0, 0.05) is 27.1 Å². The standard InChI is InChI=1S/C42H8BF19O2/c44-13-3-1-2-10-8-12-18(24(46)15(10)13)25(47)36(58)40(62)42(12)64-43(23-20(27(49)33(55)37(59)32(23)54)22-29(51)34(56)38(60)35(57)30(22)52)63-41-11-6-4-9-5-7-14(45)19-16(9)17(11)21(28(50)26(19)48)31(53)39(41)61/h1-8H. The first-order chi connectivity index (χ1) is 30.2. The van der Waals surface area contributed by atoms with E-state index in [-0.39, 0.29) is 5.39 Å². The molecule has 0 N–H and O–H groups in total. The van der Waals surface area contributed by atoms with Crippen LogP contribution in [0.5, 0.6) is 11.5 Å². The van der Waals surface area contributed by atoms with E-state index >= 15 is 65.9 Å². The van der Waals surface area contributed by atoms with Crippen LogP contribution in [0.15, 0.2) is 48.5 Å². The molecule has 0 aliphatic carbocycles. The van der Waals surface area contributed by atoms with E-state index < -0.39 is 194 Å². The highest BCUT2D eigenvalue weighted by atomic mass is 19.2. The van der Waals surface area contributed by atoms with Gasteiger partial charge >= 0.3 is 7.12 Å². The molecule has 0 aliphatic rings. The van der Waals surface area contributed by atoms with Gasteiger partial charge in [-0.2, -0.15) is 8.78 Å². The van der Waals surface area contributed by atoms with Crippen LogP contribution in [0.1, 0.15) is 0 Å². The van der Waals surface area contributed by atoms with E-state index in [1.807, 2.05) is 0 Å². The molecule has 0 bridgehead atoms. The molecule has 9 rings (SSSR count). The van der Waals surface area contributed by atoms with Crippen molar-refractivity contribution in [3.05, 3.63) is 159 Å². The molecule has 9 aromatic carbocycles. The lowest BCUT2D eigenvalue weighted by Gasteiger charge is -2.24. The molecule has 0 amide bonds. The van der Waals surface area contributed by atoms with Crippen molar-refractivity contribution >= 4 is 66.4 Å². The van der Waals surface area contributed by atoms with Crippen molar-refractivity contribution in [1.29, 1.82) is 0 Å². The minimum atomic E-state index is -3.87. The summed E-state index contributed by atoms with van der Waals surface area (Å²) in [4.78, 5) is 0. The van der Waals surface area contributed by atoms with Crippen LogP contribution in [0.3, 0.4) is 0 Å². The highest BCUT2D eigenvalue weighted by Crippen LogP contribution is 2.46. The molecule has 2 nitrogen and oxygen atoms in total. The van der Waals surface area contributed by atoms with Crippen LogP contribution in [0, 0.1) is 111 Å². The van der Waals surface area contributed by atoms with E-state index in [2.05, 4.69) is 0 Å². The number of halogens is 19. The zero-order valence-electron chi connectivity index (χ0n) is 30.2. The molecule has 64 heavy (non-hydrogen) atoms. The van der Waals surface area contributed by atoms with Gasteiger partial charge in [-0.25, -0.2) is 74.6 Å². The third-order valence-electron chi connectivity index (χ3n) is 10.4. The van der Waals surface area contributed by atoms with Crippen molar-refractivity contribution < 1.29 is 92.7 Å². The summed E-state index contributed by atoms with van der Waals surface area (Å²) in [6.45, 7) is 0. The summed E-state index contributed by atoms with van der Waals surface area (Å²) in [7, 11) is -3.87.